The van der Waals surface area contributed by atoms with Gasteiger partial charge in [-0.25, -0.2) is 0 Å². The van der Waals surface area contributed by atoms with Crippen molar-refractivity contribution in [2.24, 2.45) is 17.6 Å². The predicted molar refractivity (Wildman–Crippen MR) is 71.6 cm³/mol. The molecule has 3 nitrogen and oxygen atoms in total. The van der Waals surface area contributed by atoms with Crippen molar-refractivity contribution < 1.29 is 4.79 Å². The summed E-state index contributed by atoms with van der Waals surface area (Å²) >= 11 is 0. The molecule has 0 radical (unpaired) electrons. The second-order valence-corrected chi connectivity index (χ2v) is 5.51. The lowest BCUT2D eigenvalue weighted by Crippen LogP contribution is -2.42. The van der Waals surface area contributed by atoms with Crippen molar-refractivity contribution in [3.63, 3.8) is 0 Å². The number of amides is 1. The molecule has 0 aromatic heterocycles. The molecule has 1 atom stereocenters. The number of unbranched alkanes of at least 4 members (excludes halogenated alkanes) is 1. The molecule has 0 aromatic rings. The molecule has 1 fully saturated rings. The molecule has 0 heterocycles. The molecular weight excluding hydrogens is 212 g/mol. The summed E-state index contributed by atoms with van der Waals surface area (Å²) < 4.78 is 0. The van der Waals surface area contributed by atoms with E-state index < -0.39 is 0 Å². The highest BCUT2D eigenvalue weighted by Gasteiger charge is 2.26. The van der Waals surface area contributed by atoms with Crippen molar-refractivity contribution in [3.05, 3.63) is 0 Å². The summed E-state index contributed by atoms with van der Waals surface area (Å²) in [6.45, 7) is 4.73. The Balaban J connectivity index is 2.24. The number of nitrogens with two attached hydrogens (primary N) is 1. The number of nitrogens with one attached hydrogen (secondary N) is 1. The van der Waals surface area contributed by atoms with Gasteiger partial charge in [0.05, 0.1) is 0 Å². The highest BCUT2D eigenvalue weighted by Crippen LogP contribution is 2.31. The van der Waals surface area contributed by atoms with Crippen LogP contribution in [0.15, 0.2) is 0 Å². The Morgan fingerprint density at radius 3 is 2.53 bits per heavy atom. The fourth-order valence-corrected chi connectivity index (χ4v) is 2.63. The Morgan fingerprint density at radius 1 is 1.35 bits per heavy atom. The third-order valence-corrected chi connectivity index (χ3v) is 3.93. The number of hydrogen-bond acceptors (Lipinski definition) is 2. The largest absolute Gasteiger partial charge is 0.352 e. The van der Waals surface area contributed by atoms with E-state index in [1.165, 1.54) is 32.1 Å². The van der Waals surface area contributed by atoms with E-state index in [2.05, 4.69) is 12.2 Å². The van der Waals surface area contributed by atoms with Crippen molar-refractivity contribution in [1.29, 1.82) is 0 Å². The van der Waals surface area contributed by atoms with Crippen LogP contribution in [0, 0.1) is 11.8 Å². The van der Waals surface area contributed by atoms with Gasteiger partial charge in [-0.3, -0.25) is 4.79 Å². The minimum Gasteiger partial charge on any atom is -0.352 e. The summed E-state index contributed by atoms with van der Waals surface area (Å²) in [4.78, 5) is 11.9. The third kappa shape index (κ3) is 5.07. The zero-order chi connectivity index (χ0) is 12.7. The number of hydrogen-bond donors (Lipinski definition) is 2. The van der Waals surface area contributed by atoms with Crippen LogP contribution in [0.3, 0.4) is 0 Å². The fraction of sp³-hybridized carbons (Fsp3) is 0.929. The first-order valence-electron chi connectivity index (χ1n) is 7.17. The van der Waals surface area contributed by atoms with Crippen molar-refractivity contribution in [3.8, 4) is 0 Å². The maximum Gasteiger partial charge on any atom is 0.223 e. The minimum atomic E-state index is 0.111. The standard InChI is InChI=1S/C14H28N2O/c1-3-4-5-12-6-8-13(9-7-12)14(17)16-11(2)10-15/h11-13H,3-10,15H2,1-2H3,(H,16,17). The topological polar surface area (TPSA) is 55.1 Å². The van der Waals surface area contributed by atoms with Crippen LogP contribution < -0.4 is 11.1 Å². The van der Waals surface area contributed by atoms with Crippen LogP contribution >= 0.6 is 0 Å². The second kappa shape index (κ2) is 7.70. The SMILES string of the molecule is CCCCC1CCC(C(=O)NC(C)CN)CC1. The quantitative estimate of drug-likeness (QED) is 0.749. The molecule has 3 N–H and O–H groups in total. The number of carbonyl (C=O) groups excluding carboxylic acids is 1. The lowest BCUT2D eigenvalue weighted by molar-refractivity contribution is -0.126. The Morgan fingerprint density at radius 2 is 2.00 bits per heavy atom. The van der Waals surface area contributed by atoms with Gasteiger partial charge in [-0.05, 0) is 38.5 Å². The Bertz CT molecular complexity index is 222. The van der Waals surface area contributed by atoms with Crippen LogP contribution in [0.2, 0.25) is 0 Å². The molecule has 0 saturated heterocycles. The first-order chi connectivity index (χ1) is 8.17. The van der Waals surface area contributed by atoms with Crippen LogP contribution in [0.25, 0.3) is 0 Å². The fourth-order valence-electron chi connectivity index (χ4n) is 2.63. The Kier molecular flexibility index (Phi) is 6.56. The first-order valence-corrected chi connectivity index (χ1v) is 7.17. The zero-order valence-electron chi connectivity index (χ0n) is 11.4. The molecule has 1 aliphatic carbocycles. The van der Waals surface area contributed by atoms with Gasteiger partial charge in [0.25, 0.3) is 0 Å². The highest BCUT2D eigenvalue weighted by atomic mass is 16.1. The van der Waals surface area contributed by atoms with Gasteiger partial charge >= 0.3 is 0 Å². The summed E-state index contributed by atoms with van der Waals surface area (Å²) in [5.41, 5.74) is 5.51. The molecule has 3 heteroatoms. The first kappa shape index (κ1) is 14.5. The van der Waals surface area contributed by atoms with Gasteiger partial charge in [-0.2, -0.15) is 0 Å². The summed E-state index contributed by atoms with van der Waals surface area (Å²) in [5.74, 6) is 1.32. The van der Waals surface area contributed by atoms with Crippen LogP contribution in [0.5, 0.6) is 0 Å². The van der Waals surface area contributed by atoms with Crippen molar-refractivity contribution in [2.45, 2.75) is 64.8 Å². The smallest absolute Gasteiger partial charge is 0.223 e. The van der Waals surface area contributed by atoms with E-state index in [-0.39, 0.29) is 17.9 Å². The van der Waals surface area contributed by atoms with Crippen LogP contribution in [0.4, 0.5) is 0 Å². The van der Waals surface area contributed by atoms with Gasteiger partial charge in [0.15, 0.2) is 0 Å². The molecule has 1 amide bonds. The molecular formula is C14H28N2O. The lowest BCUT2D eigenvalue weighted by Gasteiger charge is -2.28. The monoisotopic (exact) mass is 240 g/mol. The van der Waals surface area contributed by atoms with Gasteiger partial charge in [0.1, 0.15) is 0 Å². The summed E-state index contributed by atoms with van der Waals surface area (Å²) in [5, 5.41) is 2.99. The van der Waals surface area contributed by atoms with E-state index in [1.54, 1.807) is 0 Å². The Labute approximate surface area is 106 Å². The van der Waals surface area contributed by atoms with Crippen LogP contribution in [-0.2, 0) is 4.79 Å². The second-order valence-electron chi connectivity index (χ2n) is 5.51. The molecule has 0 aromatic carbocycles. The lowest BCUT2D eigenvalue weighted by atomic mass is 9.79. The minimum absolute atomic E-state index is 0.111. The van der Waals surface area contributed by atoms with Gasteiger partial charge in [-0.1, -0.05) is 26.2 Å². The van der Waals surface area contributed by atoms with Crippen molar-refractivity contribution in [1.82, 2.24) is 5.32 Å². The number of rotatable bonds is 6. The zero-order valence-corrected chi connectivity index (χ0v) is 11.4. The normalized spacial score (nSPS) is 26.5. The summed E-state index contributed by atoms with van der Waals surface area (Å²) in [7, 11) is 0. The van der Waals surface area contributed by atoms with Crippen LogP contribution in [-0.4, -0.2) is 18.5 Å². The average Bonchev–Trinajstić information content (AvgIpc) is 2.36. The third-order valence-electron chi connectivity index (χ3n) is 3.93. The molecule has 0 spiro atoms. The van der Waals surface area contributed by atoms with E-state index in [1.807, 2.05) is 6.92 Å². The summed E-state index contributed by atoms with van der Waals surface area (Å²) in [6, 6.07) is 0.111. The average molecular weight is 240 g/mol. The van der Waals surface area contributed by atoms with E-state index >= 15 is 0 Å². The Hall–Kier alpha value is -0.570. The van der Waals surface area contributed by atoms with Crippen molar-refractivity contribution >= 4 is 5.91 Å². The summed E-state index contributed by atoms with van der Waals surface area (Å²) in [6.07, 6.45) is 8.57. The molecule has 100 valence electrons. The van der Waals surface area contributed by atoms with Crippen molar-refractivity contribution in [2.75, 3.05) is 6.54 Å². The van der Waals surface area contributed by atoms with Gasteiger partial charge in [-0.15, -0.1) is 0 Å². The van der Waals surface area contributed by atoms with Gasteiger partial charge in [0, 0.05) is 18.5 Å². The molecule has 17 heavy (non-hydrogen) atoms. The van der Waals surface area contributed by atoms with Gasteiger partial charge in [0.2, 0.25) is 5.91 Å². The predicted octanol–water partition coefficient (Wildman–Crippen LogP) is 2.45. The maximum absolute atomic E-state index is 11.9. The molecule has 1 rings (SSSR count). The van der Waals surface area contributed by atoms with E-state index in [9.17, 15) is 4.79 Å². The van der Waals surface area contributed by atoms with Crippen LogP contribution in [0.1, 0.15) is 58.8 Å². The molecule has 1 saturated carbocycles. The number of carbonyl (C=O) groups is 1. The van der Waals surface area contributed by atoms with E-state index in [4.69, 9.17) is 5.73 Å². The van der Waals surface area contributed by atoms with E-state index in [0.29, 0.717) is 6.54 Å². The maximum atomic E-state index is 11.9. The molecule has 1 unspecified atom stereocenters. The molecule has 0 bridgehead atoms. The van der Waals surface area contributed by atoms with E-state index in [0.717, 1.165) is 18.8 Å². The molecule has 0 aliphatic heterocycles. The molecule has 1 aliphatic rings. The van der Waals surface area contributed by atoms with Gasteiger partial charge < -0.3 is 11.1 Å². The highest BCUT2D eigenvalue weighted by molar-refractivity contribution is 5.79.